The fourth-order valence-corrected chi connectivity index (χ4v) is 7.41. The number of carboxylic acids is 1. The van der Waals surface area contributed by atoms with Gasteiger partial charge in [-0.25, -0.2) is 13.2 Å². The normalized spacial score (nSPS) is 16.3. The van der Waals surface area contributed by atoms with Crippen LogP contribution in [0.5, 0.6) is 11.5 Å². The number of carbonyl (C=O) groups excluding carboxylic acids is 1. The smallest absolute Gasteiger partial charge is 0.329 e. The molecule has 1 saturated carbocycles. The number of fused-ring (bicyclic) bond motifs is 5. The molecule has 1 fully saturated rings. The van der Waals surface area contributed by atoms with Crippen LogP contribution >= 0.6 is 0 Å². The van der Waals surface area contributed by atoms with E-state index < -0.39 is 27.4 Å². The molecular formula is C35H39N3O7S. The van der Waals surface area contributed by atoms with Crippen LogP contribution in [0.1, 0.15) is 66.4 Å². The Morgan fingerprint density at radius 2 is 1.78 bits per heavy atom. The van der Waals surface area contributed by atoms with Crippen LogP contribution in [0.3, 0.4) is 0 Å². The number of nitrogens with one attached hydrogen (secondary N) is 2. The molecule has 1 atom stereocenters. The van der Waals surface area contributed by atoms with E-state index in [4.69, 9.17) is 9.47 Å². The highest BCUT2D eigenvalue weighted by Crippen LogP contribution is 2.47. The van der Waals surface area contributed by atoms with E-state index in [0.29, 0.717) is 35.9 Å². The SMILES string of the molecule is COc1ccc2c(c1)OCCn1c-2c(C2CCCCC2)c2ccc(C(=O)N[C@@](C)(Cc3ccc(NS(C)(=O)=O)cc3)C(=O)O)cc21. The van der Waals surface area contributed by atoms with Crippen molar-refractivity contribution in [3.8, 4) is 22.8 Å². The van der Waals surface area contributed by atoms with Gasteiger partial charge in [0.2, 0.25) is 10.0 Å². The van der Waals surface area contributed by atoms with E-state index in [1.165, 1.54) is 31.7 Å². The Morgan fingerprint density at radius 1 is 1.04 bits per heavy atom. The van der Waals surface area contributed by atoms with Crippen LogP contribution in [0.15, 0.2) is 60.7 Å². The Bertz CT molecular complexity index is 1910. The molecule has 2 heterocycles. The van der Waals surface area contributed by atoms with Gasteiger partial charge in [0.1, 0.15) is 23.6 Å². The van der Waals surface area contributed by atoms with Crippen molar-refractivity contribution in [2.24, 2.45) is 0 Å². The second-order valence-corrected chi connectivity index (χ2v) is 14.3. The summed E-state index contributed by atoms with van der Waals surface area (Å²) in [4.78, 5) is 26.2. The zero-order chi connectivity index (χ0) is 32.6. The first-order valence-electron chi connectivity index (χ1n) is 15.6. The topological polar surface area (TPSA) is 136 Å². The lowest BCUT2D eigenvalue weighted by Gasteiger charge is -2.26. The van der Waals surface area contributed by atoms with E-state index in [-0.39, 0.29) is 6.42 Å². The summed E-state index contributed by atoms with van der Waals surface area (Å²) in [5.74, 6) is 0.208. The summed E-state index contributed by atoms with van der Waals surface area (Å²) in [6, 6.07) is 18.0. The monoisotopic (exact) mass is 645 g/mol. The number of rotatable bonds is 9. The van der Waals surface area contributed by atoms with Crippen molar-refractivity contribution in [3.63, 3.8) is 0 Å². The molecule has 0 radical (unpaired) electrons. The number of amides is 1. The number of carboxylic acid groups (broad SMARTS) is 1. The predicted molar refractivity (Wildman–Crippen MR) is 177 cm³/mol. The van der Waals surface area contributed by atoms with Crippen LogP contribution in [0.2, 0.25) is 0 Å². The average molecular weight is 646 g/mol. The summed E-state index contributed by atoms with van der Waals surface area (Å²) in [5, 5.41) is 14.1. The van der Waals surface area contributed by atoms with Crippen LogP contribution in [-0.2, 0) is 27.8 Å². The van der Waals surface area contributed by atoms with Crippen LogP contribution < -0.4 is 19.5 Å². The fraction of sp³-hybridized carbons (Fsp3) is 0.371. The number of nitrogens with zero attached hydrogens (tertiary/aromatic N) is 1. The summed E-state index contributed by atoms with van der Waals surface area (Å²) in [5.41, 5.74) is 4.05. The summed E-state index contributed by atoms with van der Waals surface area (Å²) in [7, 11) is -1.81. The van der Waals surface area contributed by atoms with E-state index in [9.17, 15) is 23.1 Å². The van der Waals surface area contributed by atoms with Gasteiger partial charge in [0.05, 0.1) is 25.6 Å². The van der Waals surface area contributed by atoms with Crippen molar-refractivity contribution >= 4 is 38.5 Å². The van der Waals surface area contributed by atoms with Gasteiger partial charge in [-0.3, -0.25) is 9.52 Å². The first-order valence-corrected chi connectivity index (χ1v) is 17.4. The standard InChI is InChI=1S/C35H39N3O7S/c1-35(34(40)41,21-22-9-12-25(13-10-22)37-46(3,42)43)36-33(39)24-11-15-27-29(19-24)38-17-18-45-30-20-26(44-2)14-16-28(30)32(38)31(27)23-7-5-4-6-8-23/h9-16,19-20,23,37H,4-8,17-18,21H2,1-3H3,(H,36,39)(H,40,41)/t35-/m0/s1. The van der Waals surface area contributed by atoms with E-state index >= 15 is 0 Å². The Balaban J connectivity index is 1.36. The Hall–Kier alpha value is -4.51. The van der Waals surface area contributed by atoms with E-state index in [2.05, 4.69) is 14.6 Å². The molecule has 0 unspecified atom stereocenters. The van der Waals surface area contributed by atoms with Crippen molar-refractivity contribution in [2.75, 3.05) is 24.7 Å². The number of methoxy groups -OCH3 is 1. The molecule has 2 aliphatic rings. The summed E-state index contributed by atoms with van der Waals surface area (Å²) in [6.45, 7) is 2.52. The summed E-state index contributed by atoms with van der Waals surface area (Å²) < 4.78 is 39.4. The number of sulfonamides is 1. The average Bonchev–Trinajstić information content (AvgIpc) is 3.22. The van der Waals surface area contributed by atoms with Crippen LogP contribution in [0.25, 0.3) is 22.2 Å². The van der Waals surface area contributed by atoms with Gasteiger partial charge in [-0.05, 0) is 73.2 Å². The van der Waals surface area contributed by atoms with Gasteiger partial charge >= 0.3 is 5.97 Å². The first kappa shape index (κ1) is 31.5. The maximum atomic E-state index is 13.7. The van der Waals surface area contributed by atoms with E-state index in [1.807, 2.05) is 30.3 Å². The number of aromatic nitrogens is 1. The molecule has 1 aromatic heterocycles. The minimum atomic E-state index is -3.45. The van der Waals surface area contributed by atoms with Crippen molar-refractivity contribution in [3.05, 3.63) is 77.4 Å². The van der Waals surface area contributed by atoms with Crippen LogP contribution in [-0.4, -0.2) is 55.5 Å². The van der Waals surface area contributed by atoms with Crippen molar-refractivity contribution in [2.45, 2.75) is 63.5 Å². The maximum Gasteiger partial charge on any atom is 0.329 e. The number of benzene rings is 3. The lowest BCUT2D eigenvalue weighted by molar-refractivity contribution is -0.143. The molecule has 0 saturated heterocycles. The van der Waals surface area contributed by atoms with Gasteiger partial charge < -0.3 is 24.5 Å². The number of aliphatic carboxylic acids is 1. The quantitative estimate of drug-likeness (QED) is 0.205. The third-order valence-electron chi connectivity index (χ3n) is 9.07. The minimum Gasteiger partial charge on any atom is -0.497 e. The molecule has 1 aliphatic heterocycles. The van der Waals surface area contributed by atoms with Crippen LogP contribution in [0.4, 0.5) is 5.69 Å². The number of hydrogen-bond acceptors (Lipinski definition) is 6. The molecule has 3 aromatic carbocycles. The van der Waals surface area contributed by atoms with Crippen molar-refractivity contribution in [1.29, 1.82) is 0 Å². The summed E-state index contributed by atoms with van der Waals surface area (Å²) in [6.07, 6.45) is 6.84. The van der Waals surface area contributed by atoms with Gasteiger partial charge in [-0.2, -0.15) is 0 Å². The molecule has 0 bridgehead atoms. The molecule has 10 nitrogen and oxygen atoms in total. The zero-order valence-electron chi connectivity index (χ0n) is 26.3. The van der Waals surface area contributed by atoms with Gasteiger partial charge in [0.25, 0.3) is 5.91 Å². The Kier molecular flexibility index (Phi) is 8.45. The van der Waals surface area contributed by atoms with Gasteiger partial charge in [0, 0.05) is 40.2 Å². The number of hydrogen-bond donors (Lipinski definition) is 3. The van der Waals surface area contributed by atoms with Crippen LogP contribution in [0, 0.1) is 0 Å². The molecule has 6 rings (SSSR count). The second kappa shape index (κ2) is 12.4. The van der Waals surface area contributed by atoms with Crippen molar-refractivity contribution in [1.82, 2.24) is 9.88 Å². The largest absolute Gasteiger partial charge is 0.497 e. The Morgan fingerprint density at radius 3 is 2.46 bits per heavy atom. The molecule has 3 N–H and O–H groups in total. The maximum absolute atomic E-state index is 13.7. The third-order valence-corrected chi connectivity index (χ3v) is 9.68. The van der Waals surface area contributed by atoms with E-state index in [1.54, 1.807) is 37.4 Å². The minimum absolute atomic E-state index is 0.000584. The highest BCUT2D eigenvalue weighted by Gasteiger charge is 2.36. The highest BCUT2D eigenvalue weighted by atomic mass is 32.2. The third kappa shape index (κ3) is 6.28. The molecule has 4 aromatic rings. The van der Waals surface area contributed by atoms with E-state index in [0.717, 1.165) is 52.8 Å². The fourth-order valence-electron chi connectivity index (χ4n) is 6.85. The van der Waals surface area contributed by atoms with Gasteiger partial charge in [-0.1, -0.05) is 37.5 Å². The lowest BCUT2D eigenvalue weighted by Crippen LogP contribution is -2.53. The molecular weight excluding hydrogens is 606 g/mol. The second-order valence-electron chi connectivity index (χ2n) is 12.5. The molecule has 46 heavy (non-hydrogen) atoms. The van der Waals surface area contributed by atoms with Gasteiger partial charge in [0.15, 0.2) is 0 Å². The highest BCUT2D eigenvalue weighted by molar-refractivity contribution is 7.92. The number of carbonyl (C=O) groups is 2. The molecule has 1 amide bonds. The molecule has 0 spiro atoms. The Labute approximate surface area is 268 Å². The molecule has 11 heteroatoms. The summed E-state index contributed by atoms with van der Waals surface area (Å²) >= 11 is 0. The first-order chi connectivity index (χ1) is 22.0. The molecule has 1 aliphatic carbocycles. The predicted octanol–water partition coefficient (Wildman–Crippen LogP) is 5.94. The number of ether oxygens (including phenoxy) is 2. The lowest BCUT2D eigenvalue weighted by atomic mass is 9.81. The zero-order valence-corrected chi connectivity index (χ0v) is 27.1. The molecule has 242 valence electrons. The van der Waals surface area contributed by atoms with Gasteiger partial charge in [-0.15, -0.1) is 0 Å². The number of anilines is 1. The van der Waals surface area contributed by atoms with Crippen molar-refractivity contribution < 1.29 is 32.6 Å².